The zero-order chi connectivity index (χ0) is 11.5. The third-order valence-electron chi connectivity index (χ3n) is 3.16. The van der Waals surface area contributed by atoms with Crippen molar-refractivity contribution in [3.8, 4) is 0 Å². The van der Waals surface area contributed by atoms with Crippen LogP contribution in [0.4, 0.5) is 0 Å². The van der Waals surface area contributed by atoms with E-state index in [-0.39, 0.29) is 11.9 Å². The van der Waals surface area contributed by atoms with Gasteiger partial charge >= 0.3 is 0 Å². The van der Waals surface area contributed by atoms with Gasteiger partial charge in [-0.3, -0.25) is 4.79 Å². The van der Waals surface area contributed by atoms with Crippen molar-refractivity contribution in [1.29, 1.82) is 0 Å². The van der Waals surface area contributed by atoms with E-state index >= 15 is 0 Å². The van der Waals surface area contributed by atoms with Gasteiger partial charge in [0.15, 0.2) is 0 Å². The van der Waals surface area contributed by atoms with Crippen LogP contribution in [-0.4, -0.2) is 35.0 Å². The van der Waals surface area contributed by atoms with Crippen LogP contribution in [0.5, 0.6) is 0 Å². The maximum atomic E-state index is 11.6. The van der Waals surface area contributed by atoms with Gasteiger partial charge in [0.05, 0.1) is 6.04 Å². The van der Waals surface area contributed by atoms with E-state index in [0.29, 0.717) is 0 Å². The van der Waals surface area contributed by atoms with E-state index in [1.807, 2.05) is 7.05 Å². The number of hydrogen-bond acceptors (Lipinski definition) is 2. The number of nitrogens with one attached hydrogen (secondary N) is 1. The second kappa shape index (κ2) is 4.70. The average Bonchev–Trinajstić information content (AvgIpc) is 2.86. The monoisotopic (exact) mass is 221 g/mol. The molecule has 1 amide bonds. The molecule has 2 rings (SSSR count). The summed E-state index contributed by atoms with van der Waals surface area (Å²) in [6, 6.07) is 2.11. The first-order chi connectivity index (χ1) is 7.70. The molecule has 1 aromatic rings. The van der Waals surface area contributed by atoms with Crippen molar-refractivity contribution in [2.75, 3.05) is 13.6 Å². The maximum absolute atomic E-state index is 11.6. The van der Waals surface area contributed by atoms with Crippen LogP contribution in [0.3, 0.4) is 0 Å². The van der Waals surface area contributed by atoms with Crippen molar-refractivity contribution in [1.82, 2.24) is 14.8 Å². The normalized spacial score (nSPS) is 20.8. The minimum atomic E-state index is 0.00924. The summed E-state index contributed by atoms with van der Waals surface area (Å²) in [6.45, 7) is 4.75. The summed E-state index contributed by atoms with van der Waals surface area (Å²) < 4.78 is 2.14. The molecule has 1 atom stereocenters. The van der Waals surface area contributed by atoms with Gasteiger partial charge < -0.3 is 14.8 Å². The van der Waals surface area contributed by atoms with Gasteiger partial charge in [0.1, 0.15) is 0 Å². The Labute approximate surface area is 96.2 Å². The number of rotatable bonds is 4. The molecule has 1 N–H and O–H groups in total. The van der Waals surface area contributed by atoms with Gasteiger partial charge in [0.25, 0.3) is 0 Å². The predicted octanol–water partition coefficient (Wildman–Crippen LogP) is 0.828. The van der Waals surface area contributed by atoms with Gasteiger partial charge in [-0.2, -0.15) is 0 Å². The number of carbonyl (C=O) groups is 1. The van der Waals surface area contributed by atoms with Crippen LogP contribution in [0.1, 0.15) is 18.9 Å². The minimum Gasteiger partial charge on any atom is -0.354 e. The molecular weight excluding hydrogens is 202 g/mol. The summed E-state index contributed by atoms with van der Waals surface area (Å²) >= 11 is 0. The number of aryl methyl sites for hydroxylation is 1. The molecule has 0 spiro atoms. The van der Waals surface area contributed by atoms with Crippen molar-refractivity contribution in [2.24, 2.45) is 0 Å². The molecule has 1 aromatic heterocycles. The Morgan fingerprint density at radius 1 is 1.56 bits per heavy atom. The molecule has 1 aliphatic heterocycles. The second-order valence-electron chi connectivity index (χ2n) is 4.33. The van der Waals surface area contributed by atoms with E-state index in [1.165, 1.54) is 5.56 Å². The smallest absolute Gasteiger partial charge is 0.239 e. The van der Waals surface area contributed by atoms with Gasteiger partial charge in [0.2, 0.25) is 5.91 Å². The number of carbonyl (C=O) groups excluding carboxylic acids is 1. The molecule has 4 nitrogen and oxygen atoms in total. The Morgan fingerprint density at radius 2 is 2.38 bits per heavy atom. The summed E-state index contributed by atoms with van der Waals surface area (Å²) in [5.74, 6) is 0.218. The number of aromatic nitrogens is 1. The summed E-state index contributed by atoms with van der Waals surface area (Å²) in [5.41, 5.74) is 1.24. The highest BCUT2D eigenvalue weighted by molar-refractivity contribution is 5.83. The Bertz CT molecular complexity index is 372. The fourth-order valence-electron chi connectivity index (χ4n) is 2.04. The van der Waals surface area contributed by atoms with Gasteiger partial charge in [-0.05, 0) is 25.0 Å². The molecule has 4 heteroatoms. The van der Waals surface area contributed by atoms with Gasteiger partial charge in [-0.25, -0.2) is 0 Å². The van der Waals surface area contributed by atoms with E-state index in [4.69, 9.17) is 0 Å². The third kappa shape index (κ3) is 2.27. The molecule has 1 aliphatic rings. The molecule has 1 unspecified atom stereocenters. The molecule has 16 heavy (non-hydrogen) atoms. The van der Waals surface area contributed by atoms with Crippen LogP contribution >= 0.6 is 0 Å². The lowest BCUT2D eigenvalue weighted by molar-refractivity contribution is -0.128. The van der Waals surface area contributed by atoms with Crippen LogP contribution in [0.15, 0.2) is 18.5 Å². The van der Waals surface area contributed by atoms with Crippen LogP contribution in [0, 0.1) is 0 Å². The van der Waals surface area contributed by atoms with Crippen LogP contribution in [0.25, 0.3) is 0 Å². The van der Waals surface area contributed by atoms with E-state index in [2.05, 4.69) is 35.3 Å². The third-order valence-corrected chi connectivity index (χ3v) is 3.16. The van der Waals surface area contributed by atoms with Gasteiger partial charge in [-0.1, -0.05) is 0 Å². The highest BCUT2D eigenvalue weighted by atomic mass is 16.2. The van der Waals surface area contributed by atoms with E-state index < -0.39 is 0 Å². The molecular formula is C12H19N3O. The predicted molar refractivity (Wildman–Crippen MR) is 63.0 cm³/mol. The molecule has 2 heterocycles. The second-order valence-corrected chi connectivity index (χ2v) is 4.33. The first-order valence-corrected chi connectivity index (χ1v) is 5.83. The standard InChI is InChI=1S/C12H19N3O/c1-3-15-7-4-10(9-15)8-13-11-5-6-14(2)12(11)16/h4,7,9,11,13H,3,5-6,8H2,1-2H3. The molecule has 0 aliphatic carbocycles. The SMILES string of the molecule is CCn1ccc(CNC2CCN(C)C2=O)c1. The van der Waals surface area contributed by atoms with E-state index in [9.17, 15) is 4.79 Å². The minimum absolute atomic E-state index is 0.00924. The molecule has 0 saturated carbocycles. The largest absolute Gasteiger partial charge is 0.354 e. The lowest BCUT2D eigenvalue weighted by atomic mass is 10.2. The fraction of sp³-hybridized carbons (Fsp3) is 0.583. The summed E-state index contributed by atoms with van der Waals surface area (Å²) in [6.07, 6.45) is 5.11. The maximum Gasteiger partial charge on any atom is 0.239 e. The van der Waals surface area contributed by atoms with Crippen molar-refractivity contribution in [3.05, 3.63) is 24.0 Å². The number of nitrogens with zero attached hydrogens (tertiary/aromatic N) is 2. The zero-order valence-corrected chi connectivity index (χ0v) is 9.94. The number of likely N-dealkylation sites (N-methyl/N-ethyl adjacent to an activating group) is 1. The highest BCUT2D eigenvalue weighted by Crippen LogP contribution is 2.09. The molecule has 88 valence electrons. The van der Waals surface area contributed by atoms with Crippen molar-refractivity contribution in [2.45, 2.75) is 32.5 Å². The zero-order valence-electron chi connectivity index (χ0n) is 9.94. The van der Waals surface area contributed by atoms with Crippen LogP contribution in [0.2, 0.25) is 0 Å². The Kier molecular flexibility index (Phi) is 3.29. The number of hydrogen-bond donors (Lipinski definition) is 1. The quantitative estimate of drug-likeness (QED) is 0.817. The van der Waals surface area contributed by atoms with Crippen molar-refractivity contribution < 1.29 is 4.79 Å². The van der Waals surface area contributed by atoms with E-state index in [0.717, 1.165) is 26.1 Å². The summed E-state index contributed by atoms with van der Waals surface area (Å²) in [4.78, 5) is 13.4. The molecule has 1 saturated heterocycles. The van der Waals surface area contributed by atoms with Crippen LogP contribution < -0.4 is 5.32 Å². The Balaban J connectivity index is 1.85. The Morgan fingerprint density at radius 3 is 2.94 bits per heavy atom. The molecule has 0 radical (unpaired) electrons. The topological polar surface area (TPSA) is 37.3 Å². The van der Waals surface area contributed by atoms with Gasteiger partial charge in [0, 0.05) is 39.1 Å². The lowest BCUT2D eigenvalue weighted by Crippen LogP contribution is -2.36. The number of likely N-dealkylation sites (tertiary alicyclic amines) is 1. The summed E-state index contributed by atoms with van der Waals surface area (Å²) in [5, 5.41) is 3.31. The lowest BCUT2D eigenvalue weighted by Gasteiger charge is -2.11. The van der Waals surface area contributed by atoms with Crippen molar-refractivity contribution in [3.63, 3.8) is 0 Å². The first-order valence-electron chi connectivity index (χ1n) is 5.83. The van der Waals surface area contributed by atoms with E-state index in [1.54, 1.807) is 4.90 Å². The molecule has 0 aromatic carbocycles. The Hall–Kier alpha value is -1.29. The molecule has 0 bridgehead atoms. The molecule has 1 fully saturated rings. The first kappa shape index (κ1) is 11.2. The fourth-order valence-corrected chi connectivity index (χ4v) is 2.04. The average molecular weight is 221 g/mol. The van der Waals surface area contributed by atoms with Crippen LogP contribution in [-0.2, 0) is 17.9 Å². The van der Waals surface area contributed by atoms with Crippen molar-refractivity contribution >= 4 is 5.91 Å². The highest BCUT2D eigenvalue weighted by Gasteiger charge is 2.28. The van der Waals surface area contributed by atoms with Gasteiger partial charge in [-0.15, -0.1) is 0 Å². The number of amides is 1. The summed E-state index contributed by atoms with van der Waals surface area (Å²) in [7, 11) is 1.86.